The Hall–Kier alpha value is -3.44. The number of ether oxygens (including phenoxy) is 2. The number of carbonyl (C=O) groups is 2. The van der Waals surface area contributed by atoms with Crippen molar-refractivity contribution < 1.29 is 27.5 Å². The topological polar surface area (TPSA) is 102 Å². The lowest BCUT2D eigenvalue weighted by atomic mass is 10.2. The van der Waals surface area contributed by atoms with E-state index in [4.69, 9.17) is 21.1 Å². The Bertz CT molecular complexity index is 1550. The van der Waals surface area contributed by atoms with Crippen molar-refractivity contribution in [1.29, 1.82) is 0 Å². The molecule has 1 aromatic heterocycles. The van der Waals surface area contributed by atoms with Crippen LogP contribution in [0.25, 0.3) is 10.1 Å². The predicted octanol–water partition coefficient (Wildman–Crippen LogP) is 5.18. The van der Waals surface area contributed by atoms with Crippen LogP contribution in [0.5, 0.6) is 5.75 Å². The van der Waals surface area contributed by atoms with E-state index in [-0.39, 0.29) is 22.2 Å². The van der Waals surface area contributed by atoms with Crippen LogP contribution in [-0.4, -0.2) is 45.4 Å². The third-order valence-electron chi connectivity index (χ3n) is 5.45. The number of anilines is 1. The van der Waals surface area contributed by atoms with Crippen molar-refractivity contribution in [2.75, 3.05) is 26.1 Å². The summed E-state index contributed by atoms with van der Waals surface area (Å²) in [6.45, 7) is -0.500. The van der Waals surface area contributed by atoms with Gasteiger partial charge in [0.15, 0.2) is 0 Å². The summed E-state index contributed by atoms with van der Waals surface area (Å²) in [6.07, 6.45) is 0. The molecule has 1 heterocycles. The van der Waals surface area contributed by atoms with Crippen LogP contribution in [0, 0.1) is 0 Å². The Labute approximate surface area is 223 Å². The molecule has 0 spiro atoms. The molecular weight excluding hydrogens is 536 g/mol. The van der Waals surface area contributed by atoms with Gasteiger partial charge in [0.05, 0.1) is 20.8 Å². The number of thiophene rings is 1. The van der Waals surface area contributed by atoms with Crippen LogP contribution in [0.4, 0.5) is 5.69 Å². The van der Waals surface area contributed by atoms with E-state index >= 15 is 0 Å². The molecule has 192 valence electrons. The molecule has 11 heteroatoms. The fourth-order valence-electron chi connectivity index (χ4n) is 3.69. The highest BCUT2D eigenvalue weighted by Gasteiger charge is 2.30. The fourth-order valence-corrected chi connectivity index (χ4v) is 6.45. The van der Waals surface area contributed by atoms with Crippen molar-refractivity contribution in [3.63, 3.8) is 0 Å². The summed E-state index contributed by atoms with van der Waals surface area (Å²) in [5.41, 5.74) is 1.17. The highest BCUT2D eigenvalue weighted by Crippen LogP contribution is 2.31. The number of methoxy groups -OCH3 is 2. The summed E-state index contributed by atoms with van der Waals surface area (Å²) in [5, 5.41) is 3.72. The minimum atomic E-state index is -4.18. The van der Waals surface area contributed by atoms with Crippen molar-refractivity contribution in [2.45, 2.75) is 11.4 Å². The molecule has 4 aromatic rings. The summed E-state index contributed by atoms with van der Waals surface area (Å²) in [5.74, 6) is -0.861. The van der Waals surface area contributed by atoms with Gasteiger partial charge < -0.3 is 14.8 Å². The predicted molar refractivity (Wildman–Crippen MR) is 144 cm³/mol. The number of sulfonamides is 1. The van der Waals surface area contributed by atoms with Crippen LogP contribution in [0.15, 0.2) is 77.7 Å². The lowest BCUT2D eigenvalue weighted by Crippen LogP contribution is -2.37. The molecule has 0 aliphatic rings. The monoisotopic (exact) mass is 558 g/mol. The molecule has 0 radical (unpaired) electrons. The van der Waals surface area contributed by atoms with Crippen LogP contribution < -0.4 is 10.1 Å². The van der Waals surface area contributed by atoms with Crippen molar-refractivity contribution in [2.24, 2.45) is 0 Å². The molecule has 0 bridgehead atoms. The number of fused-ring (bicyclic) bond motifs is 1. The first-order valence-corrected chi connectivity index (χ1v) is 13.6. The molecule has 4 rings (SSSR count). The average Bonchev–Trinajstić information content (AvgIpc) is 3.32. The Morgan fingerprint density at radius 2 is 1.76 bits per heavy atom. The highest BCUT2D eigenvalue weighted by atomic mass is 35.5. The number of hydrogen-bond acceptors (Lipinski definition) is 7. The van der Waals surface area contributed by atoms with Gasteiger partial charge in [0.2, 0.25) is 15.9 Å². The number of carbonyl (C=O) groups excluding carboxylic acids is 2. The Morgan fingerprint density at radius 1 is 1.00 bits per heavy atom. The zero-order valence-corrected chi connectivity index (χ0v) is 22.3. The molecule has 0 aliphatic carbocycles. The van der Waals surface area contributed by atoms with Crippen molar-refractivity contribution in [3.05, 3.63) is 88.3 Å². The van der Waals surface area contributed by atoms with Gasteiger partial charge in [0, 0.05) is 22.0 Å². The van der Waals surface area contributed by atoms with Gasteiger partial charge >= 0.3 is 5.97 Å². The van der Waals surface area contributed by atoms with Crippen molar-refractivity contribution in [3.8, 4) is 5.75 Å². The van der Waals surface area contributed by atoms with Gasteiger partial charge in [0.25, 0.3) is 0 Å². The van der Waals surface area contributed by atoms with E-state index in [1.54, 1.807) is 48.5 Å². The summed E-state index contributed by atoms with van der Waals surface area (Å²) < 4.78 is 39.3. The number of rotatable bonds is 9. The number of nitrogens with one attached hydrogen (secondary N) is 1. The van der Waals surface area contributed by atoms with E-state index in [0.717, 1.165) is 14.4 Å². The first kappa shape index (κ1) is 26.6. The minimum absolute atomic E-state index is 0.0433. The number of hydrogen-bond donors (Lipinski definition) is 1. The van der Waals surface area contributed by atoms with E-state index in [1.807, 2.05) is 6.07 Å². The van der Waals surface area contributed by atoms with Crippen LogP contribution in [-0.2, 0) is 26.1 Å². The summed E-state index contributed by atoms with van der Waals surface area (Å²) in [6, 6.07) is 20.1. The highest BCUT2D eigenvalue weighted by molar-refractivity contribution is 7.89. The molecule has 3 aromatic carbocycles. The van der Waals surface area contributed by atoms with Gasteiger partial charge in [-0.1, -0.05) is 41.9 Å². The fraction of sp³-hybridized carbons (Fsp3) is 0.154. The minimum Gasteiger partial charge on any atom is -0.495 e. The first-order chi connectivity index (χ1) is 17.7. The van der Waals surface area contributed by atoms with Gasteiger partial charge in [-0.05, 0) is 53.4 Å². The molecule has 0 atom stereocenters. The largest absolute Gasteiger partial charge is 0.495 e. The van der Waals surface area contributed by atoms with Gasteiger partial charge in [-0.2, -0.15) is 4.31 Å². The van der Waals surface area contributed by atoms with E-state index in [2.05, 4.69) is 5.32 Å². The smallest absolute Gasteiger partial charge is 0.348 e. The molecule has 0 fully saturated rings. The quantitative estimate of drug-likeness (QED) is 0.284. The second-order valence-electron chi connectivity index (χ2n) is 7.96. The maximum Gasteiger partial charge on any atom is 0.348 e. The normalized spacial score (nSPS) is 11.5. The Kier molecular flexibility index (Phi) is 8.13. The second-order valence-corrected chi connectivity index (χ2v) is 11.4. The molecule has 0 aliphatic heterocycles. The summed E-state index contributed by atoms with van der Waals surface area (Å²) in [4.78, 5) is 25.2. The van der Waals surface area contributed by atoms with Gasteiger partial charge in [0.1, 0.15) is 15.5 Å². The van der Waals surface area contributed by atoms with Crippen molar-refractivity contribution in [1.82, 2.24) is 4.31 Å². The average molecular weight is 559 g/mol. The van der Waals surface area contributed by atoms with E-state index in [0.29, 0.717) is 16.1 Å². The third kappa shape index (κ3) is 6.11. The maximum absolute atomic E-state index is 13.7. The molecule has 0 saturated heterocycles. The van der Waals surface area contributed by atoms with E-state index in [9.17, 15) is 18.0 Å². The Balaban J connectivity index is 1.62. The number of nitrogens with zero attached hydrogens (tertiary/aromatic N) is 1. The third-order valence-corrected chi connectivity index (χ3v) is 8.60. The van der Waals surface area contributed by atoms with Crippen LogP contribution >= 0.6 is 22.9 Å². The number of amides is 1. The number of halogens is 1. The number of benzene rings is 3. The zero-order chi connectivity index (χ0) is 26.6. The van der Waals surface area contributed by atoms with E-state index < -0.39 is 28.4 Å². The number of esters is 1. The molecule has 0 unspecified atom stereocenters. The second kappa shape index (κ2) is 11.3. The van der Waals surface area contributed by atoms with Gasteiger partial charge in [-0.15, -0.1) is 11.3 Å². The summed E-state index contributed by atoms with van der Waals surface area (Å²) in [7, 11) is -1.51. The lowest BCUT2D eigenvalue weighted by Gasteiger charge is -2.23. The molecule has 8 nitrogen and oxygen atoms in total. The van der Waals surface area contributed by atoms with Crippen molar-refractivity contribution >= 4 is 60.6 Å². The standard InChI is InChI=1S/C26H23ClN2O6S2/c1-34-21-10-8-19(27)14-24(21)37(32,33)29(15-17-6-4-3-5-7-17)16-25(30)28-20-9-11-22-18(12-20)13-23(36-22)26(31)35-2/h3-14H,15-16H2,1-2H3,(H,28,30). The molecule has 1 N–H and O–H groups in total. The molecule has 37 heavy (non-hydrogen) atoms. The van der Waals surface area contributed by atoms with Crippen LogP contribution in [0.3, 0.4) is 0 Å². The van der Waals surface area contributed by atoms with Crippen LogP contribution in [0.2, 0.25) is 5.02 Å². The van der Waals surface area contributed by atoms with Gasteiger partial charge in [-0.25, -0.2) is 13.2 Å². The SMILES string of the molecule is COC(=O)c1cc2cc(NC(=O)CN(Cc3ccccc3)S(=O)(=O)c3cc(Cl)ccc3OC)ccc2s1. The molecule has 1 amide bonds. The zero-order valence-electron chi connectivity index (χ0n) is 19.9. The first-order valence-electron chi connectivity index (χ1n) is 11.0. The molecular formula is C26H23ClN2O6S2. The maximum atomic E-state index is 13.7. The molecule has 0 saturated carbocycles. The van der Waals surface area contributed by atoms with Crippen LogP contribution in [0.1, 0.15) is 15.2 Å². The summed E-state index contributed by atoms with van der Waals surface area (Å²) >= 11 is 7.37. The Morgan fingerprint density at radius 3 is 2.46 bits per heavy atom. The van der Waals surface area contributed by atoms with E-state index in [1.165, 1.54) is 43.8 Å². The van der Waals surface area contributed by atoms with Gasteiger partial charge in [-0.3, -0.25) is 4.79 Å². The lowest BCUT2D eigenvalue weighted by molar-refractivity contribution is -0.116.